The average molecular weight is 371 g/mol. The van der Waals surface area contributed by atoms with E-state index in [0.29, 0.717) is 5.69 Å². The first-order chi connectivity index (χ1) is 12.4. The largest absolute Gasteiger partial charge is 0.464 e. The Morgan fingerprint density at radius 3 is 2.46 bits per heavy atom. The van der Waals surface area contributed by atoms with Gasteiger partial charge in [0.15, 0.2) is 6.04 Å². The summed E-state index contributed by atoms with van der Waals surface area (Å²) < 4.78 is 33.1. The summed E-state index contributed by atoms with van der Waals surface area (Å²) in [5.74, 6) is -1.05. The van der Waals surface area contributed by atoms with Crippen molar-refractivity contribution in [1.29, 1.82) is 0 Å². The third kappa shape index (κ3) is 2.90. The van der Waals surface area contributed by atoms with Gasteiger partial charge < -0.3 is 4.74 Å². The SMILES string of the molecule is C=C[C@@H]1c2ccccc2N(S(=O)(=O)c2ccc(C)cc2)[C@H]1C(=O)OCC. The Kier molecular flexibility index (Phi) is 4.87. The lowest BCUT2D eigenvalue weighted by atomic mass is 9.95. The number of esters is 1. The molecule has 0 saturated heterocycles. The molecule has 5 nitrogen and oxygen atoms in total. The minimum atomic E-state index is -3.94. The summed E-state index contributed by atoms with van der Waals surface area (Å²) in [5, 5.41) is 0. The monoisotopic (exact) mass is 371 g/mol. The summed E-state index contributed by atoms with van der Waals surface area (Å²) in [7, 11) is -3.94. The Labute approximate surface area is 154 Å². The highest BCUT2D eigenvalue weighted by atomic mass is 32.2. The van der Waals surface area contributed by atoms with Gasteiger partial charge in [-0.3, -0.25) is 4.31 Å². The molecule has 1 aliphatic heterocycles. The van der Waals surface area contributed by atoms with Gasteiger partial charge in [0, 0.05) is 5.92 Å². The van der Waals surface area contributed by atoms with Gasteiger partial charge in [0.1, 0.15) is 0 Å². The van der Waals surface area contributed by atoms with Crippen molar-refractivity contribution >= 4 is 21.7 Å². The number of fused-ring (bicyclic) bond motifs is 1. The molecule has 0 radical (unpaired) electrons. The predicted octanol–water partition coefficient (Wildman–Crippen LogP) is 3.41. The zero-order valence-electron chi connectivity index (χ0n) is 14.8. The average Bonchev–Trinajstić information content (AvgIpc) is 2.97. The van der Waals surface area contributed by atoms with Crippen molar-refractivity contribution in [3.05, 3.63) is 72.3 Å². The van der Waals surface area contributed by atoms with Crippen LogP contribution in [0.5, 0.6) is 0 Å². The summed E-state index contributed by atoms with van der Waals surface area (Å²) >= 11 is 0. The Morgan fingerprint density at radius 2 is 1.85 bits per heavy atom. The Hall–Kier alpha value is -2.60. The van der Waals surface area contributed by atoms with Gasteiger partial charge >= 0.3 is 5.97 Å². The maximum Gasteiger partial charge on any atom is 0.330 e. The van der Waals surface area contributed by atoms with Crippen LogP contribution < -0.4 is 4.31 Å². The molecule has 6 heteroatoms. The van der Waals surface area contributed by atoms with E-state index in [0.717, 1.165) is 11.1 Å². The van der Waals surface area contributed by atoms with Gasteiger partial charge in [0.2, 0.25) is 0 Å². The van der Waals surface area contributed by atoms with E-state index in [-0.39, 0.29) is 11.5 Å². The number of rotatable bonds is 5. The number of anilines is 1. The number of hydrogen-bond acceptors (Lipinski definition) is 4. The van der Waals surface area contributed by atoms with Crippen LogP contribution in [-0.4, -0.2) is 27.0 Å². The molecular weight excluding hydrogens is 350 g/mol. The third-order valence-electron chi connectivity index (χ3n) is 4.49. The lowest BCUT2D eigenvalue weighted by molar-refractivity contribution is -0.144. The number of aryl methyl sites for hydroxylation is 1. The molecule has 0 bridgehead atoms. The van der Waals surface area contributed by atoms with E-state index in [1.165, 1.54) is 4.31 Å². The second-order valence-corrected chi connectivity index (χ2v) is 7.95. The van der Waals surface area contributed by atoms with Crippen LogP contribution >= 0.6 is 0 Å². The molecular formula is C20H21NO4S. The van der Waals surface area contributed by atoms with Gasteiger partial charge in [-0.2, -0.15) is 0 Å². The smallest absolute Gasteiger partial charge is 0.330 e. The molecule has 2 aromatic rings. The molecule has 0 unspecified atom stereocenters. The van der Waals surface area contributed by atoms with Crippen LogP contribution in [0.2, 0.25) is 0 Å². The molecule has 1 heterocycles. The minimum Gasteiger partial charge on any atom is -0.464 e. The van der Waals surface area contributed by atoms with Gasteiger partial charge in [0.05, 0.1) is 17.2 Å². The van der Waals surface area contributed by atoms with Gasteiger partial charge in [-0.05, 0) is 37.6 Å². The quantitative estimate of drug-likeness (QED) is 0.597. The van der Waals surface area contributed by atoms with Gasteiger partial charge in [0.25, 0.3) is 10.0 Å². The molecule has 0 aliphatic carbocycles. The number of carbonyl (C=O) groups is 1. The Morgan fingerprint density at radius 1 is 1.19 bits per heavy atom. The van der Waals surface area contributed by atoms with Crippen LogP contribution in [0, 0.1) is 6.92 Å². The summed E-state index contributed by atoms with van der Waals surface area (Å²) in [4.78, 5) is 12.8. The fraction of sp³-hybridized carbons (Fsp3) is 0.250. The number of para-hydroxylation sites is 1. The number of hydrogen-bond donors (Lipinski definition) is 0. The first kappa shape index (κ1) is 18.2. The predicted molar refractivity (Wildman–Crippen MR) is 101 cm³/mol. The Balaban J connectivity index is 2.19. The lowest BCUT2D eigenvalue weighted by Gasteiger charge is -2.27. The van der Waals surface area contributed by atoms with Crippen molar-refractivity contribution in [3.8, 4) is 0 Å². The van der Waals surface area contributed by atoms with E-state index in [1.807, 2.05) is 19.1 Å². The topological polar surface area (TPSA) is 63.7 Å². The normalized spacial score (nSPS) is 19.1. The molecule has 0 spiro atoms. The van der Waals surface area contributed by atoms with Crippen LogP contribution in [0.15, 0.2) is 66.1 Å². The van der Waals surface area contributed by atoms with Crippen molar-refractivity contribution in [2.24, 2.45) is 0 Å². The zero-order chi connectivity index (χ0) is 18.9. The van der Waals surface area contributed by atoms with Crippen LogP contribution in [0.25, 0.3) is 0 Å². The highest BCUT2D eigenvalue weighted by Gasteiger charge is 2.48. The number of sulfonamides is 1. The van der Waals surface area contributed by atoms with Crippen LogP contribution in [0.3, 0.4) is 0 Å². The van der Waals surface area contributed by atoms with E-state index in [2.05, 4.69) is 6.58 Å². The highest BCUT2D eigenvalue weighted by Crippen LogP contribution is 2.45. The molecule has 26 heavy (non-hydrogen) atoms. The molecule has 1 aliphatic rings. The lowest BCUT2D eigenvalue weighted by Crippen LogP contribution is -2.45. The number of nitrogens with zero attached hydrogens (tertiary/aromatic N) is 1. The summed E-state index contributed by atoms with van der Waals surface area (Å²) in [6, 6.07) is 12.7. The molecule has 136 valence electrons. The molecule has 0 amide bonds. The maximum absolute atomic E-state index is 13.4. The van der Waals surface area contributed by atoms with Crippen molar-refractivity contribution in [3.63, 3.8) is 0 Å². The van der Waals surface area contributed by atoms with E-state index >= 15 is 0 Å². The van der Waals surface area contributed by atoms with Crippen molar-refractivity contribution in [1.82, 2.24) is 0 Å². The summed E-state index contributed by atoms with van der Waals surface area (Å²) in [6.07, 6.45) is 1.60. The van der Waals surface area contributed by atoms with E-state index in [9.17, 15) is 13.2 Å². The zero-order valence-corrected chi connectivity index (χ0v) is 15.6. The van der Waals surface area contributed by atoms with Gasteiger partial charge in [-0.1, -0.05) is 42.0 Å². The van der Waals surface area contributed by atoms with Crippen molar-refractivity contribution < 1.29 is 17.9 Å². The fourth-order valence-corrected chi connectivity index (χ4v) is 4.91. The molecule has 0 fully saturated rings. The number of benzene rings is 2. The fourth-order valence-electron chi connectivity index (χ4n) is 3.26. The second kappa shape index (κ2) is 6.96. The van der Waals surface area contributed by atoms with Gasteiger partial charge in [-0.25, -0.2) is 13.2 Å². The Bertz CT molecular complexity index is 935. The second-order valence-electron chi connectivity index (χ2n) is 6.13. The van der Waals surface area contributed by atoms with Crippen LogP contribution in [0.1, 0.15) is 24.0 Å². The van der Waals surface area contributed by atoms with Gasteiger partial charge in [-0.15, -0.1) is 6.58 Å². The van der Waals surface area contributed by atoms with Crippen LogP contribution in [-0.2, 0) is 19.6 Å². The van der Waals surface area contributed by atoms with Crippen molar-refractivity contribution in [2.45, 2.75) is 30.7 Å². The van der Waals surface area contributed by atoms with E-state index in [1.54, 1.807) is 49.4 Å². The molecule has 0 N–H and O–H groups in total. The number of carbonyl (C=O) groups excluding carboxylic acids is 1. The molecule has 0 aromatic heterocycles. The van der Waals surface area contributed by atoms with E-state index in [4.69, 9.17) is 4.74 Å². The molecule has 2 atom stereocenters. The molecule has 2 aromatic carbocycles. The van der Waals surface area contributed by atoms with Crippen molar-refractivity contribution in [2.75, 3.05) is 10.9 Å². The van der Waals surface area contributed by atoms with Crippen LogP contribution in [0.4, 0.5) is 5.69 Å². The first-order valence-electron chi connectivity index (χ1n) is 8.41. The molecule has 0 saturated carbocycles. The molecule has 3 rings (SSSR count). The maximum atomic E-state index is 13.4. The summed E-state index contributed by atoms with van der Waals surface area (Å²) in [6.45, 7) is 7.56. The first-order valence-corrected chi connectivity index (χ1v) is 9.85. The van der Waals surface area contributed by atoms with E-state index < -0.39 is 28.0 Å². The number of ether oxygens (including phenoxy) is 1. The third-order valence-corrected chi connectivity index (χ3v) is 6.30. The minimum absolute atomic E-state index is 0.136. The standard InChI is InChI=1S/C20H21NO4S/c1-4-16-17-8-6-7-9-18(17)21(19(16)20(22)25-5-2)26(23,24)15-12-10-14(3)11-13-15/h4,6-13,16,19H,1,5H2,2-3H3/t16-,19-/m1/s1. The highest BCUT2D eigenvalue weighted by molar-refractivity contribution is 7.93. The summed E-state index contributed by atoms with van der Waals surface area (Å²) in [5.41, 5.74) is 2.18.